The summed E-state index contributed by atoms with van der Waals surface area (Å²) in [4.78, 5) is 50.4. The highest BCUT2D eigenvalue weighted by Gasteiger charge is 2.80. The molecule has 1 amide bonds. The van der Waals surface area contributed by atoms with Crippen LogP contribution in [0.4, 0.5) is 5.69 Å². The molecule has 7 N–H and O–H groups in total. The average Bonchev–Trinajstić information content (AvgIpc) is 3.88. The van der Waals surface area contributed by atoms with E-state index in [0.717, 1.165) is 27.7 Å². The van der Waals surface area contributed by atoms with E-state index < -0.39 is 57.4 Å². The van der Waals surface area contributed by atoms with Gasteiger partial charge in [-0.2, -0.15) is 0 Å². The molecule has 1 aromatic heterocycles. The number of para-hydroxylation sites is 1. The van der Waals surface area contributed by atoms with Gasteiger partial charge in [-0.25, -0.2) is 5.84 Å². The van der Waals surface area contributed by atoms with Crippen molar-refractivity contribution in [2.75, 3.05) is 52.3 Å². The Balaban J connectivity index is 1.45. The number of anilines is 1. The van der Waals surface area contributed by atoms with Gasteiger partial charge >= 0.3 is 11.9 Å². The van der Waals surface area contributed by atoms with Gasteiger partial charge < -0.3 is 39.6 Å². The van der Waals surface area contributed by atoms with Crippen molar-refractivity contribution in [3.63, 3.8) is 0 Å². The molecule has 3 aromatic rings. The van der Waals surface area contributed by atoms with E-state index in [9.17, 15) is 19.8 Å². The van der Waals surface area contributed by atoms with Crippen LogP contribution in [0.1, 0.15) is 81.7 Å². The van der Waals surface area contributed by atoms with Gasteiger partial charge in [-0.15, -0.1) is 0 Å². The molecule has 1 aliphatic carbocycles. The molecule has 312 valence electrons. The number of esters is 2. The number of aromatic amines is 1. The van der Waals surface area contributed by atoms with Crippen LogP contribution in [0.5, 0.6) is 5.75 Å². The van der Waals surface area contributed by atoms with Crippen LogP contribution >= 0.6 is 0 Å². The zero-order valence-electron chi connectivity index (χ0n) is 34.4. The Bertz CT molecular complexity index is 2170. The molecular weight excluding hydrogens is 741 g/mol. The Hall–Kier alpha value is -4.47. The maximum Gasteiger partial charge on any atom is 0.322 e. The number of likely N-dealkylation sites (N-methyl/N-ethyl adjacent to an activating group) is 1. The number of rotatable bonds is 7. The van der Waals surface area contributed by atoms with Crippen LogP contribution in [0, 0.1) is 5.41 Å². The van der Waals surface area contributed by atoms with Crippen molar-refractivity contribution in [3.8, 4) is 5.75 Å². The summed E-state index contributed by atoms with van der Waals surface area (Å²) in [6, 6.07) is 10.7. The third-order valence-electron chi connectivity index (χ3n) is 14.8. The van der Waals surface area contributed by atoms with Gasteiger partial charge in [-0.05, 0) is 81.3 Å². The fourth-order valence-electron chi connectivity index (χ4n) is 12.4. The summed E-state index contributed by atoms with van der Waals surface area (Å²) >= 11 is 0. The van der Waals surface area contributed by atoms with E-state index in [1.165, 1.54) is 14.0 Å². The highest BCUT2D eigenvalue weighted by molar-refractivity contribution is 5.95. The molecule has 2 aromatic carbocycles. The summed E-state index contributed by atoms with van der Waals surface area (Å²) in [5.41, 5.74) is 0.290. The van der Waals surface area contributed by atoms with Crippen molar-refractivity contribution in [1.82, 2.24) is 20.6 Å². The Kier molecular flexibility index (Phi) is 9.99. The molecule has 2 fully saturated rings. The van der Waals surface area contributed by atoms with Gasteiger partial charge in [0.15, 0.2) is 6.10 Å². The van der Waals surface area contributed by atoms with Gasteiger partial charge in [0.05, 0.1) is 25.9 Å². The Labute approximate surface area is 339 Å². The lowest BCUT2D eigenvalue weighted by atomic mass is 9.47. The van der Waals surface area contributed by atoms with Gasteiger partial charge in [0, 0.05) is 77.8 Å². The first-order valence-corrected chi connectivity index (χ1v) is 20.7. The number of hydrogen-bond donors (Lipinski definition) is 6. The van der Waals surface area contributed by atoms with E-state index in [-0.39, 0.29) is 12.5 Å². The number of aliphatic hydroxyl groups is 2. The minimum Gasteiger partial charge on any atom is -0.496 e. The Morgan fingerprint density at radius 1 is 1.03 bits per heavy atom. The van der Waals surface area contributed by atoms with Gasteiger partial charge in [0.1, 0.15) is 11.2 Å². The first-order chi connectivity index (χ1) is 27.8. The number of ether oxygens (including phenoxy) is 3. The number of aromatic nitrogens is 1. The van der Waals surface area contributed by atoms with Gasteiger partial charge in [0.2, 0.25) is 5.60 Å². The average molecular weight is 799 g/mol. The number of carbonyl (C=O) groups excluding carboxylic acids is 3. The predicted octanol–water partition coefficient (Wildman–Crippen LogP) is 2.86. The second-order valence-corrected chi connectivity index (χ2v) is 17.2. The topological polar surface area (TPSA) is 192 Å². The number of H-pyrrole nitrogens is 1. The van der Waals surface area contributed by atoms with Crippen molar-refractivity contribution < 1.29 is 38.8 Å². The van der Waals surface area contributed by atoms with Crippen molar-refractivity contribution in [2.45, 2.75) is 106 Å². The smallest absolute Gasteiger partial charge is 0.322 e. The first kappa shape index (κ1) is 40.3. The number of fused-ring (bicyclic) bond motifs is 4. The third kappa shape index (κ3) is 5.30. The van der Waals surface area contributed by atoms with E-state index >= 15 is 4.79 Å². The zero-order valence-corrected chi connectivity index (χ0v) is 34.4. The molecule has 1 saturated carbocycles. The SMILES string of the molecule is CC[C@]1(O)CCC[C@](C(=O)OC)(c2cc3c(cc2OC)N(C)[C@H]2[C@@](O)(C(=O)NN)[C@H](OC(C)=O)[C@]4(CC)C=CCN5CC[C@]32[C@@H]54)c2[nH]c3ccccc3c2CCNC1. The number of nitrogens with zero attached hydrogens (tertiary/aromatic N) is 2. The first-order valence-electron chi connectivity index (χ1n) is 20.7. The fourth-order valence-corrected chi connectivity index (χ4v) is 12.4. The summed E-state index contributed by atoms with van der Waals surface area (Å²) in [6.45, 7) is 7.53. The van der Waals surface area contributed by atoms with Crippen molar-refractivity contribution in [2.24, 2.45) is 11.3 Å². The van der Waals surface area contributed by atoms with E-state index in [1.54, 1.807) is 7.11 Å². The number of benzene rings is 2. The number of methoxy groups -OCH3 is 2. The lowest BCUT2D eigenvalue weighted by Gasteiger charge is -2.63. The van der Waals surface area contributed by atoms with Gasteiger partial charge in [-0.3, -0.25) is 24.7 Å². The molecule has 0 bridgehead atoms. The third-order valence-corrected chi connectivity index (χ3v) is 14.8. The molecule has 8 rings (SSSR count). The predicted molar refractivity (Wildman–Crippen MR) is 218 cm³/mol. The molecule has 8 atom stereocenters. The maximum atomic E-state index is 15.1. The maximum absolute atomic E-state index is 15.1. The molecule has 1 spiro atoms. The quantitative estimate of drug-likeness (QED) is 0.0675. The highest BCUT2D eigenvalue weighted by Crippen LogP contribution is 2.68. The molecule has 0 radical (unpaired) electrons. The van der Waals surface area contributed by atoms with Gasteiger partial charge in [-0.1, -0.05) is 44.2 Å². The highest BCUT2D eigenvalue weighted by atomic mass is 16.6. The number of hydrazine groups is 1. The largest absolute Gasteiger partial charge is 0.496 e. The molecule has 5 aliphatic rings. The summed E-state index contributed by atoms with van der Waals surface area (Å²) in [5.74, 6) is 4.40. The minimum atomic E-state index is -2.32. The van der Waals surface area contributed by atoms with E-state index in [2.05, 4.69) is 32.8 Å². The monoisotopic (exact) mass is 798 g/mol. The zero-order chi connectivity index (χ0) is 41.4. The van der Waals surface area contributed by atoms with Crippen molar-refractivity contribution >= 4 is 34.4 Å². The van der Waals surface area contributed by atoms with Crippen LogP contribution in [0.3, 0.4) is 0 Å². The molecule has 1 saturated heterocycles. The summed E-state index contributed by atoms with van der Waals surface area (Å²) in [7, 11) is 4.83. The van der Waals surface area contributed by atoms with Crippen molar-refractivity contribution in [3.05, 3.63) is 70.9 Å². The van der Waals surface area contributed by atoms with Crippen LogP contribution in [0.15, 0.2) is 48.6 Å². The van der Waals surface area contributed by atoms with E-state index in [0.29, 0.717) is 81.7 Å². The second-order valence-electron chi connectivity index (χ2n) is 17.2. The lowest BCUT2D eigenvalue weighted by Crippen LogP contribution is -2.82. The summed E-state index contributed by atoms with van der Waals surface area (Å²) in [5, 5.41) is 29.5. The molecule has 0 unspecified atom stereocenters. The van der Waals surface area contributed by atoms with Crippen LogP contribution in [0.2, 0.25) is 0 Å². The molecule has 4 aliphatic heterocycles. The molecule has 5 heterocycles. The molecular formula is C44H58N6O8. The molecule has 58 heavy (non-hydrogen) atoms. The Morgan fingerprint density at radius 2 is 1.81 bits per heavy atom. The Morgan fingerprint density at radius 3 is 2.50 bits per heavy atom. The van der Waals surface area contributed by atoms with Crippen LogP contribution < -0.4 is 26.2 Å². The number of carbonyl (C=O) groups is 3. The van der Waals surface area contributed by atoms with Crippen LogP contribution in [0.25, 0.3) is 10.9 Å². The molecule has 14 nitrogen and oxygen atoms in total. The normalized spacial score (nSPS) is 34.3. The standard InChI is InChI=1S/C44H58N6O8/c1-7-40(54)16-11-18-42(39(53)57-6,34-28(15-20-46-25-40)27-13-9-10-14-31(27)47-34)30-23-29-32(24-33(30)56-5)49(4)36-43(29)19-22-50-21-12-17-41(8-2,35(43)50)37(58-26(3)51)44(36,55)38(52)48-45/h9-10,12-14,17,23-24,35-37,46-47,54-55H,7-8,11,15-16,18-22,25,45H2,1-6H3,(H,48,52)/t35-,36+,37+,40-,41+,42-,43+,44-/m0/s1. The fraction of sp³-hybridized carbons (Fsp3) is 0.568. The number of amides is 1. The summed E-state index contributed by atoms with van der Waals surface area (Å²) < 4.78 is 18.3. The summed E-state index contributed by atoms with van der Waals surface area (Å²) in [6.07, 6.45) is 6.09. The second kappa shape index (κ2) is 14.4. The number of β-amino-alcohol motifs (C(OH)–C–C–N with tert-alkyl or cyclic N) is 1. The van der Waals surface area contributed by atoms with E-state index in [4.69, 9.17) is 20.1 Å². The van der Waals surface area contributed by atoms with Crippen molar-refractivity contribution in [1.29, 1.82) is 0 Å². The van der Waals surface area contributed by atoms with E-state index in [1.807, 2.05) is 62.2 Å². The number of nitrogens with one attached hydrogen (secondary N) is 3. The minimum absolute atomic E-state index is 0.286. The molecule has 14 heteroatoms. The van der Waals surface area contributed by atoms with Gasteiger partial charge in [0.25, 0.3) is 5.91 Å². The lowest BCUT2D eigenvalue weighted by molar-refractivity contribution is -0.218. The van der Waals surface area contributed by atoms with Crippen LogP contribution in [-0.2, 0) is 41.1 Å². The number of hydrogen-bond acceptors (Lipinski definition) is 12. The van der Waals surface area contributed by atoms with Crippen LogP contribution in [-0.4, -0.2) is 115 Å². The number of nitrogens with two attached hydrogens (primary N) is 1.